The topological polar surface area (TPSA) is 89.3 Å². The molecular weight excluding hydrogens is 332 g/mol. The van der Waals surface area contributed by atoms with E-state index in [0.29, 0.717) is 15.7 Å². The Morgan fingerprint density at radius 3 is 2.53 bits per heavy atom. The molecule has 0 radical (unpaired) electrons. The van der Waals surface area contributed by atoms with Crippen molar-refractivity contribution < 1.29 is 13.2 Å². The van der Waals surface area contributed by atoms with Crippen LogP contribution in [-0.2, 0) is 9.84 Å². The number of halogens is 1. The van der Waals surface area contributed by atoms with Gasteiger partial charge in [0, 0.05) is 18.5 Å². The average molecular weight is 349 g/mol. The molecule has 1 aromatic rings. The van der Waals surface area contributed by atoms with E-state index in [2.05, 4.69) is 21.2 Å². The average Bonchev–Trinajstić information content (AvgIpc) is 2.28. The third kappa shape index (κ3) is 3.70. The SMILES string of the molecule is CC(C)(CNC(=O)c1cccc(N)c1Br)S(C)(=O)=O. The second-order valence-corrected chi connectivity index (χ2v) is 8.37. The molecule has 0 saturated carbocycles. The fraction of sp³-hybridized carbons (Fsp3) is 0.417. The van der Waals surface area contributed by atoms with E-state index in [1.54, 1.807) is 32.0 Å². The molecule has 5 nitrogen and oxygen atoms in total. The van der Waals surface area contributed by atoms with Crippen molar-refractivity contribution in [3.8, 4) is 0 Å². The van der Waals surface area contributed by atoms with Crippen LogP contribution in [0.2, 0.25) is 0 Å². The largest absolute Gasteiger partial charge is 0.398 e. The van der Waals surface area contributed by atoms with Gasteiger partial charge in [0.1, 0.15) is 0 Å². The summed E-state index contributed by atoms with van der Waals surface area (Å²) in [5.41, 5.74) is 6.52. The van der Waals surface area contributed by atoms with E-state index in [0.717, 1.165) is 6.26 Å². The molecule has 3 N–H and O–H groups in total. The van der Waals surface area contributed by atoms with Gasteiger partial charge < -0.3 is 11.1 Å². The molecule has 106 valence electrons. The fourth-order valence-corrected chi connectivity index (χ4v) is 2.02. The molecule has 0 heterocycles. The number of amides is 1. The summed E-state index contributed by atoms with van der Waals surface area (Å²) in [6.07, 6.45) is 1.15. The van der Waals surface area contributed by atoms with Crippen molar-refractivity contribution in [2.75, 3.05) is 18.5 Å². The second kappa shape index (κ2) is 5.50. The zero-order valence-electron chi connectivity index (χ0n) is 11.0. The lowest BCUT2D eigenvalue weighted by Gasteiger charge is -2.22. The number of carbonyl (C=O) groups excluding carboxylic acids is 1. The highest BCUT2D eigenvalue weighted by Gasteiger charge is 2.30. The Morgan fingerprint density at radius 2 is 2.00 bits per heavy atom. The van der Waals surface area contributed by atoms with Crippen molar-refractivity contribution in [2.45, 2.75) is 18.6 Å². The van der Waals surface area contributed by atoms with Crippen LogP contribution in [0.1, 0.15) is 24.2 Å². The van der Waals surface area contributed by atoms with Crippen molar-refractivity contribution in [1.82, 2.24) is 5.32 Å². The van der Waals surface area contributed by atoms with E-state index in [4.69, 9.17) is 5.73 Å². The van der Waals surface area contributed by atoms with Crippen LogP contribution < -0.4 is 11.1 Å². The van der Waals surface area contributed by atoms with Crippen molar-refractivity contribution in [1.29, 1.82) is 0 Å². The molecule has 0 unspecified atom stereocenters. The third-order valence-electron chi connectivity index (χ3n) is 2.95. The lowest BCUT2D eigenvalue weighted by atomic mass is 10.1. The Balaban J connectivity index is 2.85. The minimum Gasteiger partial charge on any atom is -0.398 e. The number of nitrogens with two attached hydrogens (primary N) is 1. The zero-order chi connectivity index (χ0) is 14.8. The van der Waals surface area contributed by atoms with E-state index < -0.39 is 14.6 Å². The molecule has 0 aliphatic heterocycles. The Labute approximate surface area is 121 Å². The molecule has 0 spiro atoms. The molecule has 1 aromatic carbocycles. The number of rotatable bonds is 4. The summed E-state index contributed by atoms with van der Waals surface area (Å²) < 4.78 is 22.6. The van der Waals surface area contributed by atoms with Gasteiger partial charge in [-0.2, -0.15) is 0 Å². The molecular formula is C12H17BrN2O3S. The van der Waals surface area contributed by atoms with Gasteiger partial charge in [-0.15, -0.1) is 0 Å². The van der Waals surface area contributed by atoms with Gasteiger partial charge >= 0.3 is 0 Å². The molecule has 7 heteroatoms. The van der Waals surface area contributed by atoms with Crippen molar-refractivity contribution in [3.63, 3.8) is 0 Å². The first-order chi connectivity index (χ1) is 8.56. The minimum absolute atomic E-state index is 0.0336. The Kier molecular flexibility index (Phi) is 4.63. The maximum atomic E-state index is 12.0. The Hall–Kier alpha value is -1.08. The molecule has 0 bridgehead atoms. The highest BCUT2D eigenvalue weighted by Crippen LogP contribution is 2.23. The maximum Gasteiger partial charge on any atom is 0.252 e. The van der Waals surface area contributed by atoms with E-state index in [9.17, 15) is 13.2 Å². The van der Waals surface area contributed by atoms with Crippen LogP contribution in [0.4, 0.5) is 5.69 Å². The molecule has 0 aliphatic carbocycles. The first-order valence-corrected chi connectivity index (χ1v) is 8.26. The van der Waals surface area contributed by atoms with Crippen LogP contribution in [0.25, 0.3) is 0 Å². The van der Waals surface area contributed by atoms with E-state index in [1.807, 2.05) is 0 Å². The molecule has 1 rings (SSSR count). The Morgan fingerprint density at radius 1 is 1.42 bits per heavy atom. The van der Waals surface area contributed by atoms with Gasteiger partial charge in [-0.1, -0.05) is 6.07 Å². The molecule has 0 aromatic heterocycles. The molecule has 19 heavy (non-hydrogen) atoms. The first-order valence-electron chi connectivity index (χ1n) is 5.58. The first kappa shape index (κ1) is 16.0. The summed E-state index contributed by atoms with van der Waals surface area (Å²) in [7, 11) is -3.25. The van der Waals surface area contributed by atoms with E-state index >= 15 is 0 Å². The number of carbonyl (C=O) groups is 1. The van der Waals surface area contributed by atoms with E-state index in [-0.39, 0.29) is 12.5 Å². The van der Waals surface area contributed by atoms with Crippen molar-refractivity contribution in [3.05, 3.63) is 28.2 Å². The molecule has 0 aliphatic rings. The van der Waals surface area contributed by atoms with Gasteiger partial charge in [0.15, 0.2) is 9.84 Å². The Bertz CT molecular complexity index is 597. The fourth-order valence-electron chi connectivity index (χ4n) is 1.24. The summed E-state index contributed by atoms with van der Waals surface area (Å²) in [4.78, 5) is 12.0. The summed E-state index contributed by atoms with van der Waals surface area (Å²) in [5, 5.41) is 2.61. The smallest absolute Gasteiger partial charge is 0.252 e. The lowest BCUT2D eigenvalue weighted by Crippen LogP contribution is -2.43. The summed E-state index contributed by atoms with van der Waals surface area (Å²) >= 11 is 3.24. The highest BCUT2D eigenvalue weighted by atomic mass is 79.9. The number of anilines is 1. The number of hydrogen-bond donors (Lipinski definition) is 2. The van der Waals surface area contributed by atoms with Crippen molar-refractivity contribution >= 4 is 37.4 Å². The van der Waals surface area contributed by atoms with Gasteiger partial charge in [0.25, 0.3) is 5.91 Å². The number of hydrogen-bond acceptors (Lipinski definition) is 4. The minimum atomic E-state index is -3.25. The standard InChI is InChI=1S/C12H17BrN2O3S/c1-12(2,19(3,17)18)7-15-11(16)8-5-4-6-9(14)10(8)13/h4-6H,7,14H2,1-3H3,(H,15,16). The van der Waals surface area contributed by atoms with Gasteiger partial charge in [0.05, 0.1) is 14.8 Å². The van der Waals surface area contributed by atoms with Crippen LogP contribution in [-0.4, -0.2) is 31.9 Å². The number of sulfone groups is 1. The van der Waals surface area contributed by atoms with E-state index in [1.165, 1.54) is 0 Å². The van der Waals surface area contributed by atoms with Gasteiger partial charge in [-0.25, -0.2) is 8.42 Å². The quantitative estimate of drug-likeness (QED) is 0.808. The van der Waals surface area contributed by atoms with Crippen LogP contribution >= 0.6 is 15.9 Å². The summed E-state index contributed by atoms with van der Waals surface area (Å²) in [6.45, 7) is 3.17. The van der Waals surface area contributed by atoms with Crippen LogP contribution in [0, 0.1) is 0 Å². The predicted molar refractivity (Wildman–Crippen MR) is 79.8 cm³/mol. The molecule has 0 saturated heterocycles. The van der Waals surface area contributed by atoms with Crippen LogP contribution in [0.15, 0.2) is 22.7 Å². The second-order valence-electron chi connectivity index (χ2n) is 4.92. The zero-order valence-corrected chi connectivity index (χ0v) is 13.4. The predicted octanol–water partition coefficient (Wildman–Crippen LogP) is 1.58. The van der Waals surface area contributed by atoms with Crippen LogP contribution in [0.5, 0.6) is 0 Å². The summed E-state index contributed by atoms with van der Waals surface area (Å²) in [6, 6.07) is 4.95. The van der Waals surface area contributed by atoms with Gasteiger partial charge in [-0.05, 0) is 41.9 Å². The van der Waals surface area contributed by atoms with Gasteiger partial charge in [-0.3, -0.25) is 4.79 Å². The maximum absolute atomic E-state index is 12.0. The van der Waals surface area contributed by atoms with Crippen molar-refractivity contribution in [2.24, 2.45) is 0 Å². The van der Waals surface area contributed by atoms with Crippen LogP contribution in [0.3, 0.4) is 0 Å². The monoisotopic (exact) mass is 348 g/mol. The lowest BCUT2D eigenvalue weighted by molar-refractivity contribution is 0.0950. The number of nitrogens with one attached hydrogen (secondary N) is 1. The molecule has 1 amide bonds. The highest BCUT2D eigenvalue weighted by molar-refractivity contribution is 9.10. The normalized spacial score (nSPS) is 12.2. The third-order valence-corrected chi connectivity index (χ3v) is 5.99. The number of benzene rings is 1. The number of nitrogen functional groups attached to an aromatic ring is 1. The molecule has 0 fully saturated rings. The summed E-state index contributed by atoms with van der Waals surface area (Å²) in [5.74, 6) is -0.365. The van der Waals surface area contributed by atoms with Gasteiger partial charge in [0.2, 0.25) is 0 Å². The molecule has 0 atom stereocenters.